The van der Waals surface area contributed by atoms with E-state index in [1.54, 1.807) is 7.11 Å². The van der Waals surface area contributed by atoms with E-state index in [4.69, 9.17) is 4.74 Å². The first kappa shape index (κ1) is 18.0. The zero-order valence-corrected chi connectivity index (χ0v) is 16.0. The molecular formula is C17H22N4O2S2. The summed E-state index contributed by atoms with van der Waals surface area (Å²) in [6.45, 7) is 2.75. The predicted molar refractivity (Wildman–Crippen MR) is 101 cm³/mol. The van der Waals surface area contributed by atoms with Crippen LogP contribution in [0.1, 0.15) is 25.3 Å². The third-order valence-corrected chi connectivity index (χ3v) is 6.07. The highest BCUT2D eigenvalue weighted by atomic mass is 32.2. The van der Waals surface area contributed by atoms with Gasteiger partial charge in [0.25, 0.3) is 0 Å². The van der Waals surface area contributed by atoms with Crippen molar-refractivity contribution < 1.29 is 9.53 Å². The van der Waals surface area contributed by atoms with Crippen LogP contribution in [-0.2, 0) is 11.3 Å². The van der Waals surface area contributed by atoms with E-state index < -0.39 is 0 Å². The first-order chi connectivity index (χ1) is 12.1. The first-order valence-electron chi connectivity index (χ1n) is 8.26. The number of rotatable bonds is 9. The number of nitrogens with zero attached hydrogens (tertiary/aromatic N) is 2. The quantitative estimate of drug-likeness (QED) is 0.653. The minimum absolute atomic E-state index is 0.0624. The summed E-state index contributed by atoms with van der Waals surface area (Å²) in [5.41, 5.74) is 1.14. The van der Waals surface area contributed by atoms with Crippen LogP contribution in [-0.4, -0.2) is 35.0 Å². The molecule has 1 aromatic heterocycles. The van der Waals surface area contributed by atoms with E-state index in [9.17, 15) is 4.79 Å². The van der Waals surface area contributed by atoms with Crippen molar-refractivity contribution in [2.75, 3.05) is 18.2 Å². The number of hydrogen-bond donors (Lipinski definition) is 2. The third-order valence-electron chi connectivity index (χ3n) is 4.05. The van der Waals surface area contributed by atoms with Gasteiger partial charge in [-0.25, -0.2) is 0 Å². The van der Waals surface area contributed by atoms with E-state index >= 15 is 0 Å². The van der Waals surface area contributed by atoms with Crippen molar-refractivity contribution >= 4 is 34.1 Å². The molecule has 0 bridgehead atoms. The van der Waals surface area contributed by atoms with Crippen LogP contribution < -0.4 is 15.4 Å². The van der Waals surface area contributed by atoms with Gasteiger partial charge >= 0.3 is 0 Å². The number of amides is 1. The molecule has 134 valence electrons. The number of methoxy groups -OCH3 is 1. The van der Waals surface area contributed by atoms with Gasteiger partial charge in [-0.15, -0.1) is 10.2 Å². The van der Waals surface area contributed by atoms with Crippen LogP contribution in [0.15, 0.2) is 28.6 Å². The largest absolute Gasteiger partial charge is 0.497 e. The van der Waals surface area contributed by atoms with Crippen LogP contribution in [0.2, 0.25) is 0 Å². The van der Waals surface area contributed by atoms with Crippen molar-refractivity contribution in [1.82, 2.24) is 15.5 Å². The number of nitrogens with one attached hydrogen (secondary N) is 2. The van der Waals surface area contributed by atoms with Gasteiger partial charge in [-0.2, -0.15) is 0 Å². The van der Waals surface area contributed by atoms with E-state index in [0.717, 1.165) is 20.8 Å². The number of hydrogen-bond acceptors (Lipinski definition) is 7. The Kier molecular flexibility index (Phi) is 6.14. The van der Waals surface area contributed by atoms with Gasteiger partial charge in [-0.05, 0) is 43.4 Å². The Morgan fingerprint density at radius 1 is 1.36 bits per heavy atom. The second-order valence-electron chi connectivity index (χ2n) is 6.06. The molecule has 8 heteroatoms. The van der Waals surface area contributed by atoms with Gasteiger partial charge in [-0.1, -0.05) is 35.2 Å². The maximum atomic E-state index is 11.9. The van der Waals surface area contributed by atoms with Gasteiger partial charge in [0.05, 0.1) is 12.9 Å². The Hall–Kier alpha value is -1.80. The predicted octanol–water partition coefficient (Wildman–Crippen LogP) is 3.17. The van der Waals surface area contributed by atoms with E-state index in [1.807, 2.05) is 24.3 Å². The topological polar surface area (TPSA) is 76.1 Å². The zero-order chi connectivity index (χ0) is 17.6. The van der Waals surface area contributed by atoms with Gasteiger partial charge in [0, 0.05) is 12.6 Å². The average Bonchev–Trinajstić information content (AvgIpc) is 3.38. The molecule has 1 heterocycles. The lowest BCUT2D eigenvalue weighted by Gasteiger charge is -2.11. The van der Waals surface area contributed by atoms with Crippen LogP contribution in [0, 0.1) is 5.92 Å². The molecule has 2 N–H and O–H groups in total. The molecule has 1 aliphatic carbocycles. The molecule has 0 aliphatic heterocycles. The third kappa shape index (κ3) is 5.61. The molecule has 0 spiro atoms. The van der Waals surface area contributed by atoms with Crippen LogP contribution in [0.4, 0.5) is 5.13 Å². The summed E-state index contributed by atoms with van der Waals surface area (Å²) in [4.78, 5) is 11.9. The molecule has 1 atom stereocenters. The summed E-state index contributed by atoms with van der Waals surface area (Å²) in [6.07, 6.45) is 2.46. The van der Waals surface area contributed by atoms with Gasteiger partial charge in [0.15, 0.2) is 4.34 Å². The number of carbonyl (C=O) groups is 1. The molecule has 3 rings (SSSR count). The molecule has 6 nitrogen and oxygen atoms in total. The Balaban J connectivity index is 1.41. The smallest absolute Gasteiger partial charge is 0.230 e. The van der Waals surface area contributed by atoms with Crippen molar-refractivity contribution in [3.63, 3.8) is 0 Å². The number of aromatic nitrogens is 2. The number of carbonyl (C=O) groups excluding carboxylic acids is 1. The Morgan fingerprint density at radius 3 is 2.80 bits per heavy atom. The van der Waals surface area contributed by atoms with E-state index in [0.29, 0.717) is 18.2 Å². The molecular weight excluding hydrogens is 356 g/mol. The first-order valence-corrected chi connectivity index (χ1v) is 10.1. The standard InChI is InChI=1S/C17H22N4O2S2/c1-11(13-5-6-13)19-15(22)10-24-17-21-20-16(25-17)18-9-12-3-7-14(23-2)8-4-12/h3-4,7-8,11,13H,5-6,9-10H2,1-2H3,(H,18,20)(H,19,22)/t11-/m0/s1. The number of anilines is 1. The van der Waals surface area contributed by atoms with Gasteiger partial charge < -0.3 is 15.4 Å². The van der Waals surface area contributed by atoms with Gasteiger partial charge in [0.2, 0.25) is 11.0 Å². The Bertz CT molecular complexity index is 701. The molecule has 1 fully saturated rings. The number of benzene rings is 1. The fourth-order valence-corrected chi connectivity index (χ4v) is 3.96. The second-order valence-corrected chi connectivity index (χ2v) is 8.26. The summed E-state index contributed by atoms with van der Waals surface area (Å²) in [6, 6.07) is 8.16. The Labute approximate surface area is 155 Å². The second kappa shape index (κ2) is 8.53. The SMILES string of the molecule is COc1ccc(CNc2nnc(SCC(=O)N[C@@H](C)C3CC3)s2)cc1. The summed E-state index contributed by atoms with van der Waals surface area (Å²) in [5.74, 6) is 1.95. The van der Waals surface area contributed by atoms with Gasteiger partial charge in [0.1, 0.15) is 5.75 Å². The molecule has 1 aromatic carbocycles. The van der Waals surface area contributed by atoms with Crippen LogP contribution >= 0.6 is 23.1 Å². The summed E-state index contributed by atoms with van der Waals surface area (Å²) in [7, 11) is 1.65. The van der Waals surface area contributed by atoms with Crippen molar-refractivity contribution in [2.24, 2.45) is 5.92 Å². The molecule has 25 heavy (non-hydrogen) atoms. The zero-order valence-electron chi connectivity index (χ0n) is 14.3. The molecule has 0 saturated heterocycles. The van der Waals surface area contributed by atoms with Gasteiger partial charge in [-0.3, -0.25) is 4.79 Å². The summed E-state index contributed by atoms with van der Waals surface area (Å²) >= 11 is 2.89. The van der Waals surface area contributed by atoms with Crippen LogP contribution in [0.25, 0.3) is 0 Å². The van der Waals surface area contributed by atoms with Crippen molar-refractivity contribution in [3.05, 3.63) is 29.8 Å². The molecule has 2 aromatic rings. The average molecular weight is 379 g/mol. The molecule has 1 saturated carbocycles. The lowest BCUT2D eigenvalue weighted by molar-refractivity contribution is -0.119. The lowest BCUT2D eigenvalue weighted by Crippen LogP contribution is -2.35. The summed E-state index contributed by atoms with van der Waals surface area (Å²) in [5, 5.41) is 15.3. The van der Waals surface area contributed by atoms with Crippen molar-refractivity contribution in [1.29, 1.82) is 0 Å². The van der Waals surface area contributed by atoms with Crippen molar-refractivity contribution in [2.45, 2.75) is 36.7 Å². The maximum Gasteiger partial charge on any atom is 0.230 e. The lowest BCUT2D eigenvalue weighted by atomic mass is 10.2. The monoisotopic (exact) mass is 378 g/mol. The van der Waals surface area contributed by atoms with Crippen LogP contribution in [0.5, 0.6) is 5.75 Å². The fourth-order valence-electron chi connectivity index (χ4n) is 2.40. The van der Waals surface area contributed by atoms with E-state index in [1.165, 1.54) is 35.9 Å². The fraction of sp³-hybridized carbons (Fsp3) is 0.471. The minimum atomic E-state index is 0.0624. The van der Waals surface area contributed by atoms with Crippen LogP contribution in [0.3, 0.4) is 0 Å². The molecule has 1 amide bonds. The highest BCUT2D eigenvalue weighted by Gasteiger charge is 2.28. The summed E-state index contributed by atoms with van der Waals surface area (Å²) < 4.78 is 5.94. The number of ether oxygens (including phenoxy) is 1. The molecule has 0 unspecified atom stereocenters. The molecule has 0 radical (unpaired) electrons. The molecule has 1 aliphatic rings. The number of thioether (sulfide) groups is 1. The highest BCUT2D eigenvalue weighted by molar-refractivity contribution is 8.01. The minimum Gasteiger partial charge on any atom is -0.497 e. The maximum absolute atomic E-state index is 11.9. The Morgan fingerprint density at radius 2 is 2.12 bits per heavy atom. The van der Waals surface area contributed by atoms with E-state index in [2.05, 4.69) is 27.8 Å². The normalized spacial score (nSPS) is 14.8. The van der Waals surface area contributed by atoms with E-state index in [-0.39, 0.29) is 11.9 Å². The highest BCUT2D eigenvalue weighted by Crippen LogP contribution is 2.32. The van der Waals surface area contributed by atoms with Crippen molar-refractivity contribution in [3.8, 4) is 5.75 Å².